The number of hydrogen-bond donors (Lipinski definition) is 1. The maximum atomic E-state index is 13.2. The van der Waals surface area contributed by atoms with Crippen molar-refractivity contribution in [3.63, 3.8) is 0 Å². The van der Waals surface area contributed by atoms with E-state index in [9.17, 15) is 13.2 Å². The number of aliphatic imine (C=N–C) groups is 1. The molecule has 3 aliphatic heterocycles. The third-order valence-electron chi connectivity index (χ3n) is 6.23. The molecule has 0 radical (unpaired) electrons. The number of nitrogens with one attached hydrogen (secondary N) is 1. The van der Waals surface area contributed by atoms with Gasteiger partial charge in [-0.3, -0.25) is 9.79 Å². The van der Waals surface area contributed by atoms with Crippen molar-refractivity contribution in [3.8, 4) is 0 Å². The first-order valence-corrected chi connectivity index (χ1v) is 13.5. The van der Waals surface area contributed by atoms with Crippen LogP contribution in [-0.4, -0.2) is 73.4 Å². The van der Waals surface area contributed by atoms with E-state index in [4.69, 9.17) is 0 Å². The number of rotatable bonds is 3. The van der Waals surface area contributed by atoms with E-state index in [1.807, 2.05) is 48.2 Å². The number of carbonyl (C=O) groups is 1. The summed E-state index contributed by atoms with van der Waals surface area (Å²) < 4.78 is 23.6. The number of anilines is 2. The number of hydrogen-bond acceptors (Lipinski definition) is 7. The number of benzene rings is 2. The number of amidine groups is 1. The third-order valence-corrected chi connectivity index (χ3v) is 9.37. The highest BCUT2D eigenvalue weighted by molar-refractivity contribution is 8.15. The normalized spacial score (nSPS) is 24.2. The predicted molar refractivity (Wildman–Crippen MR) is 131 cm³/mol. The Morgan fingerprint density at radius 1 is 1.06 bits per heavy atom. The van der Waals surface area contributed by atoms with E-state index in [2.05, 4.69) is 27.3 Å². The minimum absolute atomic E-state index is 0.00599. The second-order valence-electron chi connectivity index (χ2n) is 8.50. The molecule has 5 rings (SSSR count). The Kier molecular flexibility index (Phi) is 5.63. The van der Waals surface area contributed by atoms with Crippen molar-refractivity contribution in [1.82, 2.24) is 4.90 Å². The van der Waals surface area contributed by atoms with Crippen molar-refractivity contribution < 1.29 is 13.2 Å². The largest absolute Gasteiger partial charge is 0.368 e. The Balaban J connectivity index is 1.25. The summed E-state index contributed by atoms with van der Waals surface area (Å²) in [6.45, 7) is 4.98. The van der Waals surface area contributed by atoms with Crippen LogP contribution in [0.3, 0.4) is 0 Å². The van der Waals surface area contributed by atoms with E-state index < -0.39 is 9.84 Å². The van der Waals surface area contributed by atoms with Crippen LogP contribution >= 0.6 is 11.8 Å². The average Bonchev–Trinajstić information content (AvgIpc) is 3.28. The summed E-state index contributed by atoms with van der Waals surface area (Å²) in [7, 11) is -2.97. The van der Waals surface area contributed by atoms with Crippen LogP contribution in [-0.2, 0) is 9.84 Å². The van der Waals surface area contributed by atoms with Crippen molar-refractivity contribution in [3.05, 3.63) is 59.7 Å². The van der Waals surface area contributed by atoms with Crippen LogP contribution < -0.4 is 10.2 Å². The number of para-hydroxylation sites is 1. The molecule has 2 aromatic carbocycles. The number of sulfone groups is 1. The Hall–Kier alpha value is -2.52. The lowest BCUT2D eigenvalue weighted by Crippen LogP contribution is -2.48. The molecular formula is C23H26N4O3S2. The monoisotopic (exact) mass is 470 g/mol. The Morgan fingerprint density at radius 3 is 2.53 bits per heavy atom. The van der Waals surface area contributed by atoms with Crippen molar-refractivity contribution in [2.24, 2.45) is 4.99 Å². The third kappa shape index (κ3) is 4.36. The van der Waals surface area contributed by atoms with Gasteiger partial charge in [0.1, 0.15) is 0 Å². The molecule has 0 bridgehead atoms. The minimum atomic E-state index is -2.97. The highest BCUT2D eigenvalue weighted by atomic mass is 32.2. The lowest BCUT2D eigenvalue weighted by Gasteiger charge is -2.36. The van der Waals surface area contributed by atoms with E-state index >= 15 is 0 Å². The summed E-state index contributed by atoms with van der Waals surface area (Å²) in [5.74, 6) is 0.343. The molecule has 0 aromatic heterocycles. The Bertz CT molecular complexity index is 1160. The van der Waals surface area contributed by atoms with Gasteiger partial charge >= 0.3 is 0 Å². The van der Waals surface area contributed by atoms with Crippen LogP contribution in [0.5, 0.6) is 0 Å². The molecule has 3 aliphatic rings. The zero-order valence-corrected chi connectivity index (χ0v) is 19.5. The summed E-state index contributed by atoms with van der Waals surface area (Å²) >= 11 is 1.49. The van der Waals surface area contributed by atoms with Gasteiger partial charge in [0.2, 0.25) is 0 Å². The molecule has 0 spiro atoms. The molecule has 168 valence electrons. The maximum Gasteiger partial charge on any atom is 0.254 e. The number of amides is 1. The first-order chi connectivity index (χ1) is 15.4. The van der Waals surface area contributed by atoms with E-state index in [1.165, 1.54) is 17.4 Å². The van der Waals surface area contributed by atoms with Crippen LogP contribution in [0.4, 0.5) is 11.4 Å². The van der Waals surface area contributed by atoms with Crippen molar-refractivity contribution in [1.29, 1.82) is 0 Å². The molecule has 1 N–H and O–H groups in total. The quantitative estimate of drug-likeness (QED) is 0.743. The molecule has 2 saturated heterocycles. The van der Waals surface area contributed by atoms with Gasteiger partial charge < -0.3 is 15.1 Å². The Morgan fingerprint density at radius 2 is 1.81 bits per heavy atom. The molecule has 2 fully saturated rings. The number of thioether (sulfide) groups is 1. The number of aryl methyl sites for hydroxylation is 1. The minimum Gasteiger partial charge on any atom is -0.368 e. The lowest BCUT2D eigenvalue weighted by atomic mass is 10.1. The summed E-state index contributed by atoms with van der Waals surface area (Å²) in [6.07, 6.45) is 0. The predicted octanol–water partition coefficient (Wildman–Crippen LogP) is 2.64. The van der Waals surface area contributed by atoms with Gasteiger partial charge in [-0.05, 0) is 36.8 Å². The van der Waals surface area contributed by atoms with Gasteiger partial charge in [0.25, 0.3) is 5.91 Å². The van der Waals surface area contributed by atoms with Gasteiger partial charge in [-0.1, -0.05) is 36.0 Å². The molecule has 1 amide bonds. The number of nitrogens with zero attached hydrogens (tertiary/aromatic N) is 3. The molecule has 9 heteroatoms. The maximum absolute atomic E-state index is 13.2. The summed E-state index contributed by atoms with van der Waals surface area (Å²) in [5.41, 5.74) is 3.70. The highest BCUT2D eigenvalue weighted by Gasteiger charge is 2.42. The fourth-order valence-electron chi connectivity index (χ4n) is 4.41. The molecular weight excluding hydrogens is 444 g/mol. The zero-order chi connectivity index (χ0) is 22.3. The summed E-state index contributed by atoms with van der Waals surface area (Å²) in [6, 6.07) is 15.8. The highest BCUT2D eigenvalue weighted by Crippen LogP contribution is 2.35. The van der Waals surface area contributed by atoms with Crippen LogP contribution in [0.2, 0.25) is 0 Å². The zero-order valence-electron chi connectivity index (χ0n) is 17.9. The average molecular weight is 471 g/mol. The molecule has 0 saturated carbocycles. The van der Waals surface area contributed by atoms with Gasteiger partial charge in [-0.25, -0.2) is 8.42 Å². The van der Waals surface area contributed by atoms with E-state index in [0.717, 1.165) is 29.5 Å². The molecule has 32 heavy (non-hydrogen) atoms. The first-order valence-electron chi connectivity index (χ1n) is 10.8. The molecule has 7 nitrogen and oxygen atoms in total. The van der Waals surface area contributed by atoms with E-state index in [1.54, 1.807) is 0 Å². The topological polar surface area (TPSA) is 82.1 Å². The number of fused-ring (bicyclic) bond motifs is 1. The second kappa shape index (κ2) is 8.44. The number of piperazine rings is 1. The standard InChI is InChI=1S/C23H26N4O3S2/c1-16-7-8-17(13-19(16)24-23-25-20-14-32(29,30)15-21(20)31-23)22(28)27-11-9-26(10-12-27)18-5-3-2-4-6-18/h2-8,13,20-21H,9-12,14-15H2,1H3,(H,24,25)/t20-,21+/m1/s1. The van der Waals surface area contributed by atoms with Crippen LogP contribution in [0.15, 0.2) is 53.5 Å². The van der Waals surface area contributed by atoms with Crippen molar-refractivity contribution in [2.45, 2.75) is 18.2 Å². The molecule has 2 atom stereocenters. The van der Waals surface area contributed by atoms with Gasteiger partial charge in [0.15, 0.2) is 15.0 Å². The van der Waals surface area contributed by atoms with Gasteiger partial charge in [0.05, 0.1) is 17.5 Å². The van der Waals surface area contributed by atoms with Gasteiger partial charge in [0, 0.05) is 48.4 Å². The fraction of sp³-hybridized carbons (Fsp3) is 0.391. The summed E-state index contributed by atoms with van der Waals surface area (Å²) in [5, 5.41) is 4.06. The second-order valence-corrected chi connectivity index (χ2v) is 11.9. The van der Waals surface area contributed by atoms with Crippen molar-refractivity contribution >= 4 is 44.0 Å². The van der Waals surface area contributed by atoms with Gasteiger partial charge in [-0.15, -0.1) is 0 Å². The van der Waals surface area contributed by atoms with Crippen LogP contribution in [0.25, 0.3) is 0 Å². The Labute approximate surface area is 192 Å². The van der Waals surface area contributed by atoms with E-state index in [-0.39, 0.29) is 28.7 Å². The number of carbonyl (C=O) groups excluding carboxylic acids is 1. The van der Waals surface area contributed by atoms with Gasteiger partial charge in [-0.2, -0.15) is 0 Å². The van der Waals surface area contributed by atoms with E-state index in [0.29, 0.717) is 18.7 Å². The SMILES string of the molecule is Cc1ccc(C(=O)N2CCN(c3ccccc3)CC2)cc1NC1=N[C@@H]2CS(=O)(=O)C[C@@H]2S1. The molecule has 2 aromatic rings. The molecule has 0 aliphatic carbocycles. The first kappa shape index (κ1) is 21.3. The van der Waals surface area contributed by atoms with Crippen molar-refractivity contribution in [2.75, 3.05) is 47.9 Å². The molecule has 0 unspecified atom stereocenters. The molecule has 3 heterocycles. The van der Waals surface area contributed by atoms with Crippen LogP contribution in [0, 0.1) is 6.92 Å². The fourth-order valence-corrected chi connectivity index (χ4v) is 8.08. The van der Waals surface area contributed by atoms with Crippen LogP contribution in [0.1, 0.15) is 15.9 Å². The summed E-state index contributed by atoms with van der Waals surface area (Å²) in [4.78, 5) is 21.9. The smallest absolute Gasteiger partial charge is 0.254 e. The lowest BCUT2D eigenvalue weighted by molar-refractivity contribution is 0.0747.